The molecule has 2 heterocycles. The van der Waals surface area contributed by atoms with E-state index in [0.29, 0.717) is 27.7 Å². The summed E-state index contributed by atoms with van der Waals surface area (Å²) in [4.78, 5) is 33.0. The smallest absolute Gasteiger partial charge is 0.411 e. The van der Waals surface area contributed by atoms with Crippen LogP contribution in [0, 0.1) is 0 Å². The van der Waals surface area contributed by atoms with Crippen molar-refractivity contribution in [2.75, 3.05) is 6.54 Å². The van der Waals surface area contributed by atoms with Gasteiger partial charge < -0.3 is 14.3 Å². The number of halogens is 2. The molecule has 31 heavy (non-hydrogen) atoms. The summed E-state index contributed by atoms with van der Waals surface area (Å²) in [6.07, 6.45) is -0.0429. The summed E-state index contributed by atoms with van der Waals surface area (Å²) in [5, 5.41) is 5.13. The summed E-state index contributed by atoms with van der Waals surface area (Å²) >= 11 is 12.7. The molecule has 1 fully saturated rings. The Balaban J connectivity index is 1.86. The largest absolute Gasteiger partial charge is 0.458 e. The number of ether oxygens (including phenoxy) is 2. The number of esters is 1. The highest BCUT2D eigenvalue weighted by Crippen LogP contribution is 2.41. The van der Waals surface area contributed by atoms with Gasteiger partial charge in [-0.2, -0.15) is 0 Å². The van der Waals surface area contributed by atoms with Gasteiger partial charge in [0.05, 0.1) is 22.3 Å². The Morgan fingerprint density at radius 3 is 2.23 bits per heavy atom. The first-order valence-electron chi connectivity index (χ1n) is 10.1. The zero-order valence-electron chi connectivity index (χ0n) is 18.6. The first-order valence-corrected chi connectivity index (χ1v) is 10.9. The average molecular weight is 471 g/mol. The van der Waals surface area contributed by atoms with E-state index in [1.54, 1.807) is 59.7 Å². The van der Waals surface area contributed by atoms with Crippen molar-refractivity contribution < 1.29 is 23.9 Å². The molecule has 1 aromatic carbocycles. The molecule has 3 rings (SSSR count). The van der Waals surface area contributed by atoms with Crippen LogP contribution in [0.25, 0.3) is 0 Å². The van der Waals surface area contributed by atoms with Crippen LogP contribution in [0.1, 0.15) is 59.9 Å². The molecule has 2 atom stereocenters. The summed E-state index contributed by atoms with van der Waals surface area (Å²) in [7, 11) is 0. The van der Waals surface area contributed by atoms with Gasteiger partial charge in [0.1, 0.15) is 17.2 Å². The molecule has 0 aliphatic carbocycles. The van der Waals surface area contributed by atoms with Crippen molar-refractivity contribution in [2.45, 2.75) is 77.2 Å². The molecular formula is C22H28Cl2N2O5. The number of benzene rings is 1. The maximum Gasteiger partial charge on any atom is 0.411 e. The zero-order valence-corrected chi connectivity index (χ0v) is 20.1. The molecule has 1 aromatic rings. The van der Waals surface area contributed by atoms with Crippen LogP contribution in [0.4, 0.5) is 4.79 Å². The number of carbonyl (C=O) groups is 2. The quantitative estimate of drug-likeness (QED) is 0.554. The number of nitrogens with zero attached hydrogens (tertiary/aromatic N) is 2. The number of hydrogen-bond donors (Lipinski definition) is 0. The third kappa shape index (κ3) is 5.44. The fraction of sp³-hybridized carbons (Fsp3) is 0.591. The van der Waals surface area contributed by atoms with E-state index < -0.39 is 34.9 Å². The molecule has 170 valence electrons. The Morgan fingerprint density at radius 1 is 1.10 bits per heavy atom. The van der Waals surface area contributed by atoms with E-state index in [4.69, 9.17) is 37.5 Å². The fourth-order valence-corrected chi connectivity index (χ4v) is 4.28. The van der Waals surface area contributed by atoms with E-state index in [9.17, 15) is 9.59 Å². The molecule has 0 aromatic heterocycles. The van der Waals surface area contributed by atoms with Gasteiger partial charge in [0, 0.05) is 18.4 Å². The second kappa shape index (κ2) is 8.17. The molecule has 1 spiro atoms. The van der Waals surface area contributed by atoms with Crippen molar-refractivity contribution in [1.29, 1.82) is 0 Å². The lowest BCUT2D eigenvalue weighted by Gasteiger charge is -2.29. The van der Waals surface area contributed by atoms with Gasteiger partial charge in [-0.15, -0.1) is 0 Å². The van der Waals surface area contributed by atoms with Crippen LogP contribution < -0.4 is 0 Å². The van der Waals surface area contributed by atoms with Crippen LogP contribution in [-0.2, 0) is 19.1 Å². The van der Waals surface area contributed by atoms with Gasteiger partial charge in [0.25, 0.3) is 0 Å². The summed E-state index contributed by atoms with van der Waals surface area (Å²) < 4.78 is 11.1. The molecule has 1 saturated heterocycles. The lowest BCUT2D eigenvalue weighted by Crippen LogP contribution is -2.46. The maximum absolute atomic E-state index is 12.9. The lowest BCUT2D eigenvalue weighted by atomic mass is 9.91. The van der Waals surface area contributed by atoms with Crippen LogP contribution in [0.15, 0.2) is 23.4 Å². The van der Waals surface area contributed by atoms with E-state index >= 15 is 0 Å². The summed E-state index contributed by atoms with van der Waals surface area (Å²) in [5.74, 6) is -0.511. The van der Waals surface area contributed by atoms with Gasteiger partial charge in [0.2, 0.25) is 0 Å². The first-order chi connectivity index (χ1) is 14.2. The molecule has 9 heteroatoms. The topological polar surface area (TPSA) is 77.4 Å². The highest BCUT2D eigenvalue weighted by atomic mass is 35.5. The first kappa shape index (κ1) is 23.7. The third-order valence-electron chi connectivity index (χ3n) is 4.80. The highest BCUT2D eigenvalue weighted by molar-refractivity contribution is 6.40. The molecule has 2 aliphatic rings. The van der Waals surface area contributed by atoms with E-state index in [-0.39, 0.29) is 13.0 Å². The second-order valence-corrected chi connectivity index (χ2v) is 10.8. The minimum absolute atomic E-state index is 0.126. The molecule has 2 aliphatic heterocycles. The van der Waals surface area contributed by atoms with Gasteiger partial charge in [-0.25, -0.2) is 9.59 Å². The molecule has 0 bridgehead atoms. The summed E-state index contributed by atoms with van der Waals surface area (Å²) in [6, 6.07) is 4.34. The molecule has 0 unspecified atom stereocenters. The molecule has 1 amide bonds. The predicted molar refractivity (Wildman–Crippen MR) is 119 cm³/mol. The van der Waals surface area contributed by atoms with Crippen LogP contribution in [-0.4, -0.2) is 52.1 Å². The van der Waals surface area contributed by atoms with E-state index in [1.165, 1.54) is 4.90 Å². The van der Waals surface area contributed by atoms with Gasteiger partial charge >= 0.3 is 12.1 Å². The van der Waals surface area contributed by atoms with Crippen LogP contribution in [0.5, 0.6) is 0 Å². The third-order valence-corrected chi connectivity index (χ3v) is 5.43. The van der Waals surface area contributed by atoms with Crippen LogP contribution >= 0.6 is 23.2 Å². The van der Waals surface area contributed by atoms with Crippen LogP contribution in [0.3, 0.4) is 0 Å². The van der Waals surface area contributed by atoms with Crippen LogP contribution in [0.2, 0.25) is 10.0 Å². The second-order valence-electron chi connectivity index (χ2n) is 9.95. The van der Waals surface area contributed by atoms with Gasteiger partial charge in [-0.05, 0) is 53.7 Å². The Hall–Kier alpha value is -1.99. The van der Waals surface area contributed by atoms with Gasteiger partial charge in [-0.1, -0.05) is 34.4 Å². The minimum atomic E-state index is -0.893. The number of likely N-dealkylation sites (tertiary alicyclic amines) is 1. The molecular weight excluding hydrogens is 443 g/mol. The number of rotatable bonds is 2. The van der Waals surface area contributed by atoms with Crippen molar-refractivity contribution in [1.82, 2.24) is 4.90 Å². The Labute approximate surface area is 192 Å². The highest BCUT2D eigenvalue weighted by Gasteiger charge is 2.55. The molecule has 0 radical (unpaired) electrons. The average Bonchev–Trinajstić information content (AvgIpc) is 3.16. The standard InChI is InChI=1S/C22H28Cl2N2O5/c1-20(2,3)29-18(27)16-11-22(12-26(16)19(28)30-21(4,5)6)10-15(25-31-22)17-13(23)8-7-9-14(17)24/h7-9,16H,10-12H2,1-6H3/t16-,22+/m0/s1. The Bertz CT molecular complexity index is 861. The van der Waals surface area contributed by atoms with Gasteiger partial charge in [0.15, 0.2) is 5.60 Å². The molecule has 7 nitrogen and oxygen atoms in total. The van der Waals surface area contributed by atoms with Crippen molar-refractivity contribution in [3.8, 4) is 0 Å². The summed E-state index contributed by atoms with van der Waals surface area (Å²) in [5.41, 5.74) is -1.14. The Morgan fingerprint density at radius 2 is 1.68 bits per heavy atom. The number of oxime groups is 1. The monoisotopic (exact) mass is 470 g/mol. The SMILES string of the molecule is CC(C)(C)OC(=O)[C@@H]1C[C@]2(CC(c3c(Cl)cccc3Cl)=NO2)CN1C(=O)OC(C)(C)C. The predicted octanol–water partition coefficient (Wildman–Crippen LogP) is 5.21. The number of carbonyl (C=O) groups excluding carboxylic acids is 2. The van der Waals surface area contributed by atoms with Crippen molar-refractivity contribution >= 4 is 41.0 Å². The van der Waals surface area contributed by atoms with Crippen molar-refractivity contribution in [2.24, 2.45) is 5.16 Å². The van der Waals surface area contributed by atoms with Crippen molar-refractivity contribution in [3.05, 3.63) is 33.8 Å². The van der Waals surface area contributed by atoms with Gasteiger partial charge in [-0.3, -0.25) is 4.90 Å². The van der Waals surface area contributed by atoms with E-state index in [2.05, 4.69) is 5.16 Å². The minimum Gasteiger partial charge on any atom is -0.458 e. The molecule has 0 N–H and O–H groups in total. The lowest BCUT2D eigenvalue weighted by molar-refractivity contribution is -0.160. The van der Waals surface area contributed by atoms with Crippen molar-refractivity contribution in [3.63, 3.8) is 0 Å². The normalized spacial score (nSPS) is 23.5. The Kier molecular flexibility index (Phi) is 6.24. The number of amides is 1. The van der Waals surface area contributed by atoms with E-state index in [1.807, 2.05) is 0 Å². The number of hydrogen-bond acceptors (Lipinski definition) is 6. The maximum atomic E-state index is 12.9. The fourth-order valence-electron chi connectivity index (χ4n) is 3.66. The zero-order chi connectivity index (χ0) is 23.2. The molecule has 0 saturated carbocycles. The summed E-state index contributed by atoms with van der Waals surface area (Å²) in [6.45, 7) is 10.8. The van der Waals surface area contributed by atoms with E-state index in [0.717, 1.165) is 0 Å².